The van der Waals surface area contributed by atoms with Crippen LogP contribution in [-0.2, 0) is 30.3 Å². The Labute approximate surface area is 219 Å². The standard InChI is InChI=1S/C27H40N2O8/c1-10-16-27(8,28-22(31)36-25(2,3)4)17-20(21(30)34-9)29(24(33)37-26(5,6)7)23(32)35-18-19-14-12-11-13-15-19/h10-16,20H,17-18H2,1-9H3,(H,28,31)/b16-10+/t20-,27-/m0/s1. The van der Waals surface area contributed by atoms with Crippen molar-refractivity contribution >= 4 is 24.2 Å². The van der Waals surface area contributed by atoms with E-state index < -0.39 is 47.0 Å². The molecule has 0 heterocycles. The summed E-state index contributed by atoms with van der Waals surface area (Å²) in [7, 11) is 1.13. The molecule has 0 bridgehead atoms. The Kier molecular flexibility index (Phi) is 11.2. The van der Waals surface area contributed by atoms with Crippen LogP contribution >= 0.6 is 0 Å². The average Bonchev–Trinajstić information content (AvgIpc) is 2.74. The van der Waals surface area contributed by atoms with Crippen molar-refractivity contribution in [3.8, 4) is 0 Å². The second kappa shape index (κ2) is 13.1. The van der Waals surface area contributed by atoms with Crippen LogP contribution in [0.1, 0.15) is 67.4 Å². The van der Waals surface area contributed by atoms with Gasteiger partial charge in [-0.05, 0) is 61.0 Å². The first-order valence-electron chi connectivity index (χ1n) is 12.0. The summed E-state index contributed by atoms with van der Waals surface area (Å²) in [6, 6.07) is 7.35. The molecule has 0 saturated heterocycles. The number of imide groups is 1. The van der Waals surface area contributed by atoms with Gasteiger partial charge in [0.2, 0.25) is 0 Å². The molecule has 0 unspecified atom stereocenters. The first-order valence-corrected chi connectivity index (χ1v) is 12.0. The third kappa shape index (κ3) is 11.4. The molecule has 0 spiro atoms. The van der Waals surface area contributed by atoms with Gasteiger partial charge in [-0.2, -0.15) is 4.90 Å². The van der Waals surface area contributed by atoms with Crippen molar-refractivity contribution in [3.63, 3.8) is 0 Å². The van der Waals surface area contributed by atoms with Crippen LogP contribution in [0.4, 0.5) is 14.4 Å². The first kappa shape index (κ1) is 31.5. The van der Waals surface area contributed by atoms with Crippen LogP contribution in [0.3, 0.4) is 0 Å². The van der Waals surface area contributed by atoms with E-state index >= 15 is 0 Å². The molecule has 206 valence electrons. The highest BCUT2D eigenvalue weighted by Crippen LogP contribution is 2.24. The second-order valence-electron chi connectivity index (χ2n) is 10.7. The topological polar surface area (TPSA) is 120 Å². The van der Waals surface area contributed by atoms with Crippen molar-refractivity contribution in [1.29, 1.82) is 0 Å². The SMILES string of the molecule is C/C=C/[C@@](C)(C[C@@H](C(=O)OC)N(C(=O)OCc1ccccc1)C(=O)OC(C)(C)C)NC(=O)OC(C)(C)C. The molecule has 0 aromatic heterocycles. The molecule has 2 atom stereocenters. The molecule has 10 nitrogen and oxygen atoms in total. The molecule has 0 aliphatic heterocycles. The number of methoxy groups -OCH3 is 1. The molecule has 0 saturated carbocycles. The lowest BCUT2D eigenvalue weighted by Gasteiger charge is -2.35. The summed E-state index contributed by atoms with van der Waals surface area (Å²) in [6.07, 6.45) is 0.0946. The zero-order valence-corrected chi connectivity index (χ0v) is 23.2. The van der Waals surface area contributed by atoms with Crippen molar-refractivity contribution in [1.82, 2.24) is 10.2 Å². The van der Waals surface area contributed by atoms with Crippen molar-refractivity contribution in [2.45, 2.75) is 91.2 Å². The largest absolute Gasteiger partial charge is 0.467 e. The smallest absolute Gasteiger partial charge is 0.420 e. The van der Waals surface area contributed by atoms with Gasteiger partial charge in [-0.3, -0.25) is 0 Å². The molecule has 3 amide bonds. The van der Waals surface area contributed by atoms with E-state index in [0.717, 1.165) is 7.11 Å². The number of nitrogens with zero attached hydrogens (tertiary/aromatic N) is 1. The van der Waals surface area contributed by atoms with Crippen molar-refractivity contribution in [3.05, 3.63) is 48.0 Å². The summed E-state index contributed by atoms with van der Waals surface area (Å²) >= 11 is 0. The summed E-state index contributed by atoms with van der Waals surface area (Å²) in [5, 5.41) is 2.71. The molecule has 37 heavy (non-hydrogen) atoms. The van der Waals surface area contributed by atoms with E-state index in [1.165, 1.54) is 0 Å². The van der Waals surface area contributed by atoms with Gasteiger partial charge in [0, 0.05) is 6.42 Å². The number of carbonyl (C=O) groups is 4. The quantitative estimate of drug-likeness (QED) is 0.277. The summed E-state index contributed by atoms with van der Waals surface area (Å²) in [6.45, 7) is 13.2. The maximum absolute atomic E-state index is 13.2. The summed E-state index contributed by atoms with van der Waals surface area (Å²) in [5.41, 5.74) is -2.29. The zero-order valence-electron chi connectivity index (χ0n) is 23.2. The van der Waals surface area contributed by atoms with Crippen molar-refractivity contribution in [2.75, 3.05) is 7.11 Å². The maximum Gasteiger partial charge on any atom is 0.420 e. The first-order chi connectivity index (χ1) is 17.0. The Morgan fingerprint density at radius 3 is 1.97 bits per heavy atom. The van der Waals surface area contributed by atoms with E-state index in [0.29, 0.717) is 10.5 Å². The normalized spacial score (nSPS) is 14.2. The minimum absolute atomic E-state index is 0.144. The Bertz CT molecular complexity index is 963. The summed E-state index contributed by atoms with van der Waals surface area (Å²) in [4.78, 5) is 52.5. The number of carbonyl (C=O) groups excluding carboxylic acids is 4. The minimum Gasteiger partial charge on any atom is -0.467 e. The van der Waals surface area contributed by atoms with Gasteiger partial charge in [0.15, 0.2) is 0 Å². The Morgan fingerprint density at radius 2 is 1.49 bits per heavy atom. The predicted molar refractivity (Wildman–Crippen MR) is 138 cm³/mol. The van der Waals surface area contributed by atoms with Crippen LogP contribution in [0.25, 0.3) is 0 Å². The van der Waals surface area contributed by atoms with Gasteiger partial charge in [0.1, 0.15) is 23.9 Å². The number of allylic oxidation sites excluding steroid dienone is 1. The van der Waals surface area contributed by atoms with E-state index in [1.54, 1.807) is 91.8 Å². The van der Waals surface area contributed by atoms with E-state index in [4.69, 9.17) is 18.9 Å². The zero-order chi connectivity index (χ0) is 28.4. The van der Waals surface area contributed by atoms with Gasteiger partial charge in [0.05, 0.1) is 12.6 Å². The average molecular weight is 521 g/mol. The minimum atomic E-state index is -1.50. The van der Waals surface area contributed by atoms with Crippen LogP contribution in [0, 0.1) is 0 Å². The molecule has 1 aromatic carbocycles. The van der Waals surface area contributed by atoms with Crippen LogP contribution in [0.15, 0.2) is 42.5 Å². The summed E-state index contributed by atoms with van der Waals surface area (Å²) in [5.74, 6) is -0.899. The summed E-state index contributed by atoms with van der Waals surface area (Å²) < 4.78 is 21.1. The molecular formula is C27H40N2O8. The number of alkyl carbamates (subject to hydrolysis) is 1. The molecule has 0 aliphatic rings. The van der Waals surface area contributed by atoms with Crippen molar-refractivity contribution < 1.29 is 38.1 Å². The van der Waals surface area contributed by atoms with Gasteiger partial charge in [-0.15, -0.1) is 0 Å². The number of benzene rings is 1. The fourth-order valence-electron chi connectivity index (χ4n) is 3.31. The van der Waals surface area contributed by atoms with Crippen LogP contribution < -0.4 is 5.32 Å². The lowest BCUT2D eigenvalue weighted by molar-refractivity contribution is -0.147. The highest BCUT2D eigenvalue weighted by atomic mass is 16.6. The van der Waals surface area contributed by atoms with Crippen LogP contribution in [0.5, 0.6) is 0 Å². The highest BCUT2D eigenvalue weighted by molar-refractivity contribution is 5.94. The third-order valence-electron chi connectivity index (χ3n) is 4.72. The second-order valence-corrected chi connectivity index (χ2v) is 10.7. The van der Waals surface area contributed by atoms with E-state index in [2.05, 4.69) is 5.32 Å². The van der Waals surface area contributed by atoms with Gasteiger partial charge in [0.25, 0.3) is 0 Å². The van der Waals surface area contributed by atoms with Gasteiger partial charge >= 0.3 is 24.2 Å². The number of ether oxygens (including phenoxy) is 4. The van der Waals surface area contributed by atoms with Gasteiger partial charge in [-0.25, -0.2) is 19.2 Å². The number of rotatable bonds is 8. The van der Waals surface area contributed by atoms with E-state index in [-0.39, 0.29) is 13.0 Å². The lowest BCUT2D eigenvalue weighted by Crippen LogP contribution is -2.56. The highest BCUT2D eigenvalue weighted by Gasteiger charge is 2.44. The molecular weight excluding hydrogens is 480 g/mol. The van der Waals surface area contributed by atoms with E-state index in [1.807, 2.05) is 6.07 Å². The Balaban J connectivity index is 3.39. The Morgan fingerprint density at radius 1 is 0.919 bits per heavy atom. The van der Waals surface area contributed by atoms with Gasteiger partial charge < -0.3 is 24.3 Å². The monoisotopic (exact) mass is 520 g/mol. The Hall–Kier alpha value is -3.56. The molecule has 1 aromatic rings. The number of esters is 1. The van der Waals surface area contributed by atoms with E-state index in [9.17, 15) is 19.2 Å². The number of amides is 3. The fourth-order valence-corrected chi connectivity index (χ4v) is 3.31. The molecule has 0 aliphatic carbocycles. The molecule has 1 N–H and O–H groups in total. The number of nitrogens with one attached hydrogen (secondary N) is 1. The van der Waals surface area contributed by atoms with Crippen molar-refractivity contribution in [2.24, 2.45) is 0 Å². The van der Waals surface area contributed by atoms with Crippen LogP contribution in [0.2, 0.25) is 0 Å². The number of hydrogen-bond acceptors (Lipinski definition) is 8. The molecule has 0 radical (unpaired) electrons. The maximum atomic E-state index is 13.2. The lowest BCUT2D eigenvalue weighted by atomic mass is 9.91. The molecule has 1 rings (SSSR count). The third-order valence-corrected chi connectivity index (χ3v) is 4.72. The number of hydrogen-bond donors (Lipinski definition) is 1. The molecule has 0 fully saturated rings. The van der Waals surface area contributed by atoms with Crippen LogP contribution in [-0.4, -0.2) is 59.0 Å². The van der Waals surface area contributed by atoms with Gasteiger partial charge in [-0.1, -0.05) is 42.5 Å². The molecule has 10 heteroatoms. The predicted octanol–water partition coefficient (Wildman–Crippen LogP) is 5.35. The fraction of sp³-hybridized carbons (Fsp3) is 0.556.